The molecule has 0 amide bonds. The smallest absolute Gasteiger partial charge is 0.0105 e. The van der Waals surface area contributed by atoms with Crippen LogP contribution in [-0.4, -0.2) is 0 Å². The Hall–Kier alpha value is -2.08. The highest BCUT2D eigenvalue weighted by atomic mass is 14.3. The van der Waals surface area contributed by atoms with Crippen LogP contribution >= 0.6 is 0 Å². The van der Waals surface area contributed by atoms with Gasteiger partial charge in [0.1, 0.15) is 0 Å². The summed E-state index contributed by atoms with van der Waals surface area (Å²) in [5.41, 5.74) is 8.62. The van der Waals surface area contributed by atoms with Crippen molar-refractivity contribution in [2.45, 2.75) is 33.1 Å². The minimum Gasteiger partial charge on any atom is -0.0645 e. The summed E-state index contributed by atoms with van der Waals surface area (Å²) in [4.78, 5) is 0. The van der Waals surface area contributed by atoms with Gasteiger partial charge in [-0.1, -0.05) is 66.6 Å². The molecule has 1 aliphatic rings. The standard InChI is InChI=1S/C21H20/c1-4-16-20-12-14(3)6-9-18(20)19-10-7-15-11-13(2)5-8-17(15)21(16)19/h5-12,16H,4H2,1-3H3. The Balaban J connectivity index is 2.08. The summed E-state index contributed by atoms with van der Waals surface area (Å²) in [6, 6.07) is 18.4. The van der Waals surface area contributed by atoms with Gasteiger partial charge in [-0.3, -0.25) is 0 Å². The zero-order valence-corrected chi connectivity index (χ0v) is 12.9. The molecule has 0 bridgehead atoms. The van der Waals surface area contributed by atoms with Crippen molar-refractivity contribution in [3.8, 4) is 11.1 Å². The second kappa shape index (κ2) is 4.46. The van der Waals surface area contributed by atoms with E-state index in [4.69, 9.17) is 0 Å². The topological polar surface area (TPSA) is 0 Å². The molecule has 0 saturated carbocycles. The molecule has 4 rings (SSSR count). The Bertz CT molecular complexity index is 855. The molecule has 1 aliphatic carbocycles. The predicted molar refractivity (Wildman–Crippen MR) is 91.0 cm³/mol. The second-order valence-corrected chi connectivity index (χ2v) is 6.30. The Kier molecular flexibility index (Phi) is 2.68. The lowest BCUT2D eigenvalue weighted by Crippen LogP contribution is -1.96. The maximum atomic E-state index is 2.38. The summed E-state index contributed by atoms with van der Waals surface area (Å²) in [5.74, 6) is 0.543. The van der Waals surface area contributed by atoms with Crippen molar-refractivity contribution in [3.63, 3.8) is 0 Å². The number of benzene rings is 3. The molecular weight excluding hydrogens is 252 g/mol. The van der Waals surface area contributed by atoms with Gasteiger partial charge in [-0.05, 0) is 53.3 Å². The summed E-state index contributed by atoms with van der Waals surface area (Å²) >= 11 is 0. The molecule has 0 radical (unpaired) electrons. The lowest BCUT2D eigenvalue weighted by Gasteiger charge is -2.14. The molecule has 0 heteroatoms. The minimum atomic E-state index is 0.543. The molecule has 21 heavy (non-hydrogen) atoms. The van der Waals surface area contributed by atoms with E-state index in [1.54, 1.807) is 0 Å². The molecule has 0 aliphatic heterocycles. The molecule has 1 unspecified atom stereocenters. The normalized spacial score (nSPS) is 16.0. The first kappa shape index (κ1) is 12.6. The van der Waals surface area contributed by atoms with Crippen LogP contribution in [0.1, 0.15) is 41.5 Å². The first-order chi connectivity index (χ1) is 10.2. The van der Waals surface area contributed by atoms with E-state index in [0.29, 0.717) is 5.92 Å². The van der Waals surface area contributed by atoms with E-state index >= 15 is 0 Å². The van der Waals surface area contributed by atoms with Crippen LogP contribution in [0.3, 0.4) is 0 Å². The highest BCUT2D eigenvalue weighted by Crippen LogP contribution is 2.49. The van der Waals surface area contributed by atoms with Crippen LogP contribution in [0.5, 0.6) is 0 Å². The van der Waals surface area contributed by atoms with Gasteiger partial charge in [-0.15, -0.1) is 0 Å². The van der Waals surface area contributed by atoms with Crippen molar-refractivity contribution >= 4 is 10.8 Å². The molecule has 1 atom stereocenters. The van der Waals surface area contributed by atoms with Crippen LogP contribution in [-0.2, 0) is 0 Å². The van der Waals surface area contributed by atoms with Crippen molar-refractivity contribution in [2.75, 3.05) is 0 Å². The van der Waals surface area contributed by atoms with Gasteiger partial charge in [0.25, 0.3) is 0 Å². The summed E-state index contributed by atoms with van der Waals surface area (Å²) < 4.78 is 0. The molecule has 0 heterocycles. The Morgan fingerprint density at radius 2 is 1.52 bits per heavy atom. The van der Waals surface area contributed by atoms with Crippen LogP contribution in [0.15, 0.2) is 48.5 Å². The number of hydrogen-bond acceptors (Lipinski definition) is 0. The number of hydrogen-bond donors (Lipinski definition) is 0. The molecule has 0 saturated heterocycles. The van der Waals surface area contributed by atoms with Crippen LogP contribution in [0.2, 0.25) is 0 Å². The van der Waals surface area contributed by atoms with Crippen molar-refractivity contribution in [1.82, 2.24) is 0 Å². The van der Waals surface area contributed by atoms with E-state index in [1.165, 1.54) is 44.2 Å². The van der Waals surface area contributed by atoms with Gasteiger partial charge >= 0.3 is 0 Å². The lowest BCUT2D eigenvalue weighted by molar-refractivity contribution is 0.802. The van der Waals surface area contributed by atoms with Gasteiger partial charge in [-0.2, -0.15) is 0 Å². The van der Waals surface area contributed by atoms with E-state index < -0.39 is 0 Å². The number of rotatable bonds is 1. The highest BCUT2D eigenvalue weighted by molar-refractivity contribution is 5.96. The van der Waals surface area contributed by atoms with Crippen molar-refractivity contribution in [1.29, 1.82) is 0 Å². The maximum absolute atomic E-state index is 2.38. The third-order valence-corrected chi connectivity index (χ3v) is 4.85. The lowest BCUT2D eigenvalue weighted by atomic mass is 9.90. The SMILES string of the molecule is CCC1c2cc(C)ccc2-c2ccc3cc(C)ccc3c21. The molecule has 104 valence electrons. The predicted octanol–water partition coefficient (Wildman–Crippen LogP) is 5.98. The second-order valence-electron chi connectivity index (χ2n) is 6.30. The van der Waals surface area contributed by atoms with Gasteiger partial charge in [0.05, 0.1) is 0 Å². The molecule has 3 aromatic carbocycles. The largest absolute Gasteiger partial charge is 0.0645 e. The Labute approximate surface area is 126 Å². The van der Waals surface area contributed by atoms with Crippen LogP contribution in [0.4, 0.5) is 0 Å². The fraction of sp³-hybridized carbons (Fsp3) is 0.238. The van der Waals surface area contributed by atoms with E-state index in [0.717, 1.165) is 6.42 Å². The van der Waals surface area contributed by atoms with Crippen LogP contribution < -0.4 is 0 Å². The fourth-order valence-electron chi connectivity index (χ4n) is 3.88. The Morgan fingerprint density at radius 3 is 2.33 bits per heavy atom. The van der Waals surface area contributed by atoms with Crippen molar-refractivity contribution in [2.24, 2.45) is 0 Å². The fourth-order valence-corrected chi connectivity index (χ4v) is 3.88. The van der Waals surface area contributed by atoms with Gasteiger partial charge in [0, 0.05) is 5.92 Å². The molecule has 0 fully saturated rings. The maximum Gasteiger partial charge on any atom is 0.0105 e. The molecule has 3 aromatic rings. The molecule has 0 N–H and O–H groups in total. The van der Waals surface area contributed by atoms with Crippen LogP contribution in [0, 0.1) is 13.8 Å². The van der Waals surface area contributed by atoms with E-state index in [-0.39, 0.29) is 0 Å². The number of aryl methyl sites for hydroxylation is 2. The third-order valence-electron chi connectivity index (χ3n) is 4.85. The average Bonchev–Trinajstić information content (AvgIpc) is 2.79. The molecule has 0 spiro atoms. The zero-order chi connectivity index (χ0) is 14.6. The van der Waals surface area contributed by atoms with Gasteiger partial charge in [-0.25, -0.2) is 0 Å². The quantitative estimate of drug-likeness (QED) is 0.511. The highest BCUT2D eigenvalue weighted by Gasteiger charge is 2.28. The average molecular weight is 272 g/mol. The first-order valence-corrected chi connectivity index (χ1v) is 7.83. The monoisotopic (exact) mass is 272 g/mol. The Morgan fingerprint density at radius 1 is 0.810 bits per heavy atom. The first-order valence-electron chi connectivity index (χ1n) is 7.83. The van der Waals surface area contributed by atoms with Crippen molar-refractivity contribution in [3.05, 3.63) is 70.8 Å². The van der Waals surface area contributed by atoms with Crippen molar-refractivity contribution < 1.29 is 0 Å². The van der Waals surface area contributed by atoms with E-state index in [9.17, 15) is 0 Å². The third kappa shape index (κ3) is 1.75. The van der Waals surface area contributed by atoms with E-state index in [1.807, 2.05) is 0 Å². The van der Waals surface area contributed by atoms with E-state index in [2.05, 4.69) is 69.3 Å². The summed E-state index contributed by atoms with van der Waals surface area (Å²) in [6.07, 6.45) is 1.16. The number of fused-ring (bicyclic) bond motifs is 5. The van der Waals surface area contributed by atoms with Gasteiger partial charge in [0.15, 0.2) is 0 Å². The van der Waals surface area contributed by atoms with Gasteiger partial charge < -0.3 is 0 Å². The van der Waals surface area contributed by atoms with Gasteiger partial charge in [0.2, 0.25) is 0 Å². The van der Waals surface area contributed by atoms with Crippen LogP contribution in [0.25, 0.3) is 21.9 Å². The zero-order valence-electron chi connectivity index (χ0n) is 12.9. The molecular formula is C21H20. The minimum absolute atomic E-state index is 0.543. The summed E-state index contributed by atoms with van der Waals surface area (Å²) in [6.45, 7) is 6.67. The summed E-state index contributed by atoms with van der Waals surface area (Å²) in [7, 11) is 0. The summed E-state index contributed by atoms with van der Waals surface area (Å²) in [5, 5.41) is 2.80. The molecule has 0 aromatic heterocycles. The molecule has 0 nitrogen and oxygen atoms in total.